The summed E-state index contributed by atoms with van der Waals surface area (Å²) in [4.78, 5) is 0. The fourth-order valence-electron chi connectivity index (χ4n) is 0.394. The van der Waals surface area contributed by atoms with Crippen molar-refractivity contribution in [1.29, 1.82) is 0 Å². The Morgan fingerprint density at radius 1 is 1.56 bits per heavy atom. The number of aromatic nitrogens is 4. The van der Waals surface area contributed by atoms with Gasteiger partial charge in [0, 0.05) is 7.05 Å². The molecule has 0 bridgehead atoms. The van der Waals surface area contributed by atoms with Gasteiger partial charge in [-0.3, -0.25) is 0 Å². The fourth-order valence-corrected chi connectivity index (χ4v) is 0.813. The third-order valence-electron chi connectivity index (χ3n) is 0.764. The lowest BCUT2D eigenvalue weighted by atomic mass is 11.2. The average molecular weight is 146 g/mol. The summed E-state index contributed by atoms with van der Waals surface area (Å²) >= 11 is 1.53. The van der Waals surface area contributed by atoms with Gasteiger partial charge in [-0.05, 0) is 16.7 Å². The number of thioether (sulfide) groups is 1. The quantitative estimate of drug-likeness (QED) is 0.543. The van der Waals surface area contributed by atoms with Crippen LogP contribution in [0.1, 0.15) is 7.43 Å². The number of rotatable bonds is 1. The van der Waals surface area contributed by atoms with Gasteiger partial charge in [-0.2, -0.15) is 0 Å². The van der Waals surface area contributed by atoms with Crippen molar-refractivity contribution in [2.75, 3.05) is 6.26 Å². The third-order valence-corrected chi connectivity index (χ3v) is 1.47. The molecule has 5 heteroatoms. The molecule has 0 atom stereocenters. The number of hydrogen-bond acceptors (Lipinski definition) is 4. The third kappa shape index (κ3) is 1.67. The molecule has 0 saturated carbocycles. The molecular weight excluding hydrogens is 136 g/mol. The zero-order chi connectivity index (χ0) is 5.98. The van der Waals surface area contributed by atoms with E-state index in [1.54, 1.807) is 4.68 Å². The van der Waals surface area contributed by atoms with Crippen LogP contribution in [0.2, 0.25) is 0 Å². The van der Waals surface area contributed by atoms with E-state index >= 15 is 0 Å². The van der Waals surface area contributed by atoms with Gasteiger partial charge in [0.2, 0.25) is 5.16 Å². The Hall–Kier alpha value is -0.580. The molecule has 0 aliphatic carbocycles. The van der Waals surface area contributed by atoms with Crippen molar-refractivity contribution in [2.45, 2.75) is 12.6 Å². The van der Waals surface area contributed by atoms with Crippen LogP contribution >= 0.6 is 11.8 Å². The van der Waals surface area contributed by atoms with Crippen molar-refractivity contribution in [3.8, 4) is 0 Å². The highest BCUT2D eigenvalue weighted by molar-refractivity contribution is 7.98. The molecule has 1 aromatic heterocycles. The van der Waals surface area contributed by atoms with E-state index in [1.165, 1.54) is 11.8 Å². The van der Waals surface area contributed by atoms with Gasteiger partial charge in [0.15, 0.2) is 0 Å². The molecule has 0 fully saturated rings. The first-order valence-electron chi connectivity index (χ1n) is 2.11. The summed E-state index contributed by atoms with van der Waals surface area (Å²) in [7, 11) is 1.81. The normalized spacial score (nSPS) is 8.67. The molecule has 0 aliphatic rings. The van der Waals surface area contributed by atoms with E-state index in [-0.39, 0.29) is 7.43 Å². The first kappa shape index (κ1) is 8.42. The van der Waals surface area contributed by atoms with E-state index in [0.717, 1.165) is 5.16 Å². The van der Waals surface area contributed by atoms with Crippen LogP contribution in [-0.2, 0) is 7.05 Å². The smallest absolute Gasteiger partial charge is 0.208 e. The molecule has 1 aromatic rings. The molecule has 1 heterocycles. The van der Waals surface area contributed by atoms with E-state index < -0.39 is 0 Å². The van der Waals surface area contributed by atoms with E-state index in [4.69, 9.17) is 0 Å². The zero-order valence-corrected chi connectivity index (χ0v) is 5.51. The minimum absolute atomic E-state index is 0. The van der Waals surface area contributed by atoms with Gasteiger partial charge >= 0.3 is 0 Å². The topological polar surface area (TPSA) is 43.6 Å². The van der Waals surface area contributed by atoms with E-state index in [1.807, 2.05) is 13.3 Å². The Kier molecular flexibility index (Phi) is 3.22. The van der Waals surface area contributed by atoms with Crippen LogP contribution in [0.4, 0.5) is 0 Å². The fraction of sp³-hybridized carbons (Fsp3) is 0.750. The molecule has 0 radical (unpaired) electrons. The van der Waals surface area contributed by atoms with Crippen LogP contribution in [0.3, 0.4) is 0 Å². The van der Waals surface area contributed by atoms with Crippen molar-refractivity contribution in [1.82, 2.24) is 20.2 Å². The van der Waals surface area contributed by atoms with Crippen LogP contribution in [0, 0.1) is 0 Å². The predicted molar refractivity (Wildman–Crippen MR) is 37.3 cm³/mol. The first-order valence-corrected chi connectivity index (χ1v) is 3.33. The SMILES string of the molecule is C.CSc1nnnn1C. The average Bonchev–Trinajstić information content (AvgIpc) is 2.14. The molecule has 9 heavy (non-hydrogen) atoms. The van der Waals surface area contributed by atoms with Crippen LogP contribution < -0.4 is 0 Å². The van der Waals surface area contributed by atoms with Gasteiger partial charge in [0.25, 0.3) is 0 Å². The Morgan fingerprint density at radius 2 is 2.22 bits per heavy atom. The molecule has 0 N–H and O–H groups in total. The summed E-state index contributed by atoms with van der Waals surface area (Å²) in [5, 5.41) is 11.6. The zero-order valence-electron chi connectivity index (χ0n) is 4.70. The van der Waals surface area contributed by atoms with Crippen LogP contribution in [0.15, 0.2) is 5.16 Å². The van der Waals surface area contributed by atoms with E-state index in [2.05, 4.69) is 15.5 Å². The van der Waals surface area contributed by atoms with Gasteiger partial charge in [0.05, 0.1) is 0 Å². The molecular formula is C4H10N4S. The van der Waals surface area contributed by atoms with Gasteiger partial charge in [-0.1, -0.05) is 19.2 Å². The molecule has 0 saturated heterocycles. The number of tetrazole rings is 1. The lowest BCUT2D eigenvalue weighted by Crippen LogP contribution is -1.91. The second-order valence-corrected chi connectivity index (χ2v) is 2.06. The summed E-state index contributed by atoms with van der Waals surface area (Å²) in [5.41, 5.74) is 0. The number of aryl methyl sites for hydroxylation is 1. The van der Waals surface area contributed by atoms with Crippen LogP contribution in [0.25, 0.3) is 0 Å². The minimum atomic E-state index is 0. The van der Waals surface area contributed by atoms with Crippen molar-refractivity contribution in [3.63, 3.8) is 0 Å². The summed E-state index contributed by atoms with van der Waals surface area (Å²) in [5.74, 6) is 0. The van der Waals surface area contributed by atoms with Crippen LogP contribution in [-0.4, -0.2) is 26.5 Å². The summed E-state index contributed by atoms with van der Waals surface area (Å²) in [6.07, 6.45) is 1.94. The minimum Gasteiger partial charge on any atom is -0.224 e. The lowest BCUT2D eigenvalue weighted by molar-refractivity contribution is 0.665. The van der Waals surface area contributed by atoms with Crippen molar-refractivity contribution < 1.29 is 0 Å². The van der Waals surface area contributed by atoms with Gasteiger partial charge in [-0.15, -0.1) is 5.10 Å². The van der Waals surface area contributed by atoms with Gasteiger partial charge in [0.1, 0.15) is 0 Å². The van der Waals surface area contributed by atoms with Crippen molar-refractivity contribution in [3.05, 3.63) is 0 Å². The Bertz CT molecular complexity index is 173. The highest BCUT2D eigenvalue weighted by Crippen LogP contribution is 2.04. The second-order valence-electron chi connectivity index (χ2n) is 1.29. The monoisotopic (exact) mass is 146 g/mol. The predicted octanol–water partition coefficient (Wildman–Crippen LogP) is 0.568. The highest BCUT2D eigenvalue weighted by atomic mass is 32.2. The molecule has 1 rings (SSSR count). The van der Waals surface area contributed by atoms with Crippen molar-refractivity contribution in [2.24, 2.45) is 7.05 Å². The number of nitrogens with zero attached hydrogens (tertiary/aromatic N) is 4. The first-order chi connectivity index (χ1) is 3.84. The summed E-state index contributed by atoms with van der Waals surface area (Å²) in [6, 6.07) is 0. The summed E-state index contributed by atoms with van der Waals surface area (Å²) in [6.45, 7) is 0. The molecule has 0 unspecified atom stereocenters. The molecule has 0 spiro atoms. The largest absolute Gasteiger partial charge is 0.224 e. The summed E-state index contributed by atoms with van der Waals surface area (Å²) < 4.78 is 1.63. The maximum absolute atomic E-state index is 3.70. The van der Waals surface area contributed by atoms with Crippen LogP contribution in [0.5, 0.6) is 0 Å². The molecule has 0 aromatic carbocycles. The maximum atomic E-state index is 3.70. The van der Waals surface area contributed by atoms with Crippen molar-refractivity contribution >= 4 is 11.8 Å². The second kappa shape index (κ2) is 3.45. The molecule has 4 nitrogen and oxygen atoms in total. The van der Waals surface area contributed by atoms with Gasteiger partial charge < -0.3 is 0 Å². The Morgan fingerprint density at radius 3 is 2.44 bits per heavy atom. The van der Waals surface area contributed by atoms with E-state index in [9.17, 15) is 0 Å². The molecule has 0 aliphatic heterocycles. The molecule has 0 amide bonds. The van der Waals surface area contributed by atoms with Gasteiger partial charge in [-0.25, -0.2) is 4.68 Å². The highest BCUT2D eigenvalue weighted by Gasteiger charge is 1.95. The number of hydrogen-bond donors (Lipinski definition) is 0. The molecule has 52 valence electrons. The standard InChI is InChI=1S/C3H6N4S.CH4/c1-7-3(8-2)4-5-6-7;/h1-2H3;1H4. The van der Waals surface area contributed by atoms with E-state index in [0.29, 0.717) is 0 Å². The Balaban J connectivity index is 0.000000640. The maximum Gasteiger partial charge on any atom is 0.208 e. The lowest BCUT2D eigenvalue weighted by Gasteiger charge is -1.86. The Labute approximate surface area is 58.6 Å².